The van der Waals surface area contributed by atoms with Gasteiger partial charge in [0.25, 0.3) is 0 Å². The fraction of sp³-hybridized carbons (Fsp3) is 0.625. The normalized spacial score (nSPS) is 15.4. The van der Waals surface area contributed by atoms with Gasteiger partial charge in [0, 0.05) is 22.6 Å². The van der Waals surface area contributed by atoms with E-state index in [0.29, 0.717) is 12.6 Å². The molecule has 0 atom stereocenters. The number of hydrogen-bond donors (Lipinski definition) is 1. The lowest BCUT2D eigenvalue weighted by molar-refractivity contribution is 0.304. The van der Waals surface area contributed by atoms with E-state index < -0.39 is 0 Å². The summed E-state index contributed by atoms with van der Waals surface area (Å²) >= 11 is 3.54. The molecule has 5 heteroatoms. The third-order valence-corrected chi connectivity index (χ3v) is 4.25. The first-order valence-corrected chi connectivity index (χ1v) is 8.26. The molecule has 1 aliphatic carbocycles. The summed E-state index contributed by atoms with van der Waals surface area (Å²) in [6.45, 7) is 3.48. The van der Waals surface area contributed by atoms with Crippen LogP contribution in [0.15, 0.2) is 16.6 Å². The van der Waals surface area contributed by atoms with Crippen molar-refractivity contribution in [3.63, 3.8) is 0 Å². The highest BCUT2D eigenvalue weighted by Crippen LogP contribution is 2.35. The number of rotatable bonds is 6. The maximum absolute atomic E-state index is 5.77. The topological polar surface area (TPSA) is 30.5 Å². The van der Waals surface area contributed by atoms with E-state index in [1.165, 1.54) is 32.1 Å². The molecule has 1 saturated carbocycles. The molecule has 0 spiro atoms. The Morgan fingerprint density at radius 3 is 2.57 bits per heavy atom. The largest absolute Gasteiger partial charge is 0.493 e. The zero-order valence-corrected chi connectivity index (χ0v) is 15.2. The predicted molar refractivity (Wildman–Crippen MR) is 92.8 cm³/mol. The van der Waals surface area contributed by atoms with Crippen LogP contribution in [0.25, 0.3) is 0 Å². The van der Waals surface area contributed by atoms with Gasteiger partial charge < -0.3 is 14.8 Å². The van der Waals surface area contributed by atoms with E-state index in [1.54, 1.807) is 7.11 Å². The van der Waals surface area contributed by atoms with E-state index in [-0.39, 0.29) is 12.4 Å². The van der Waals surface area contributed by atoms with Crippen LogP contribution >= 0.6 is 28.3 Å². The van der Waals surface area contributed by atoms with E-state index in [2.05, 4.69) is 27.3 Å². The molecule has 2 rings (SSSR count). The van der Waals surface area contributed by atoms with Gasteiger partial charge in [0.05, 0.1) is 13.7 Å². The minimum Gasteiger partial charge on any atom is -0.493 e. The van der Waals surface area contributed by atoms with E-state index in [0.717, 1.165) is 28.1 Å². The summed E-state index contributed by atoms with van der Waals surface area (Å²) in [5.74, 6) is 1.66. The summed E-state index contributed by atoms with van der Waals surface area (Å²) in [7, 11) is 1.68. The van der Waals surface area contributed by atoms with Crippen molar-refractivity contribution in [3.8, 4) is 11.5 Å². The number of nitrogens with one attached hydrogen (secondary N) is 1. The zero-order chi connectivity index (χ0) is 14.4. The van der Waals surface area contributed by atoms with Gasteiger partial charge in [-0.15, -0.1) is 12.4 Å². The highest BCUT2D eigenvalue weighted by atomic mass is 79.9. The van der Waals surface area contributed by atoms with Crippen molar-refractivity contribution in [3.05, 3.63) is 22.2 Å². The van der Waals surface area contributed by atoms with Gasteiger partial charge >= 0.3 is 0 Å². The van der Waals surface area contributed by atoms with Crippen LogP contribution in [-0.2, 0) is 6.54 Å². The molecular weight excluding hydrogens is 354 g/mol. The molecule has 3 nitrogen and oxygen atoms in total. The maximum Gasteiger partial charge on any atom is 0.165 e. The van der Waals surface area contributed by atoms with Crippen LogP contribution in [0.2, 0.25) is 0 Å². The molecule has 1 aliphatic rings. The second-order valence-electron chi connectivity index (χ2n) is 5.25. The molecule has 1 aromatic carbocycles. The molecule has 1 aromatic rings. The number of methoxy groups -OCH3 is 1. The molecule has 1 N–H and O–H groups in total. The van der Waals surface area contributed by atoms with E-state index in [1.807, 2.05) is 13.0 Å². The van der Waals surface area contributed by atoms with Gasteiger partial charge in [-0.3, -0.25) is 0 Å². The van der Waals surface area contributed by atoms with Crippen molar-refractivity contribution in [1.82, 2.24) is 5.32 Å². The third-order valence-electron chi connectivity index (χ3n) is 3.79. The molecule has 0 bridgehead atoms. The molecule has 21 heavy (non-hydrogen) atoms. The van der Waals surface area contributed by atoms with Crippen molar-refractivity contribution in [2.45, 2.75) is 51.6 Å². The van der Waals surface area contributed by atoms with Crippen LogP contribution < -0.4 is 14.8 Å². The lowest BCUT2D eigenvalue weighted by Gasteiger charge is -2.24. The Kier molecular flexibility index (Phi) is 8.45. The summed E-state index contributed by atoms with van der Waals surface area (Å²) < 4.78 is 12.2. The maximum atomic E-state index is 5.77. The van der Waals surface area contributed by atoms with Gasteiger partial charge in [0.2, 0.25) is 0 Å². The number of ether oxygens (including phenoxy) is 2. The van der Waals surface area contributed by atoms with Crippen molar-refractivity contribution in [2.24, 2.45) is 0 Å². The van der Waals surface area contributed by atoms with Gasteiger partial charge in [-0.05, 0) is 31.9 Å². The van der Waals surface area contributed by atoms with Crippen LogP contribution in [0.4, 0.5) is 0 Å². The first kappa shape index (κ1) is 18.6. The standard InChI is InChI=1S/C16H24BrNO2.ClH/c1-3-20-16-12(9-13(17)10-15(16)19-2)11-18-14-7-5-4-6-8-14;/h9-10,14,18H,3-8,11H2,1-2H3;1H. The quantitative estimate of drug-likeness (QED) is 0.778. The van der Waals surface area contributed by atoms with Crippen molar-refractivity contribution in [2.75, 3.05) is 13.7 Å². The average Bonchev–Trinajstić information content (AvgIpc) is 2.48. The second-order valence-corrected chi connectivity index (χ2v) is 6.16. The minimum absolute atomic E-state index is 0. The molecule has 0 heterocycles. The summed E-state index contributed by atoms with van der Waals surface area (Å²) in [6.07, 6.45) is 6.65. The fourth-order valence-electron chi connectivity index (χ4n) is 2.77. The Bertz CT molecular complexity index is 437. The van der Waals surface area contributed by atoms with E-state index >= 15 is 0 Å². The predicted octanol–water partition coefficient (Wildman–Crippen LogP) is 4.70. The Morgan fingerprint density at radius 1 is 1.24 bits per heavy atom. The molecule has 0 unspecified atom stereocenters. The Balaban J connectivity index is 0.00000220. The molecule has 1 fully saturated rings. The first-order chi connectivity index (χ1) is 9.74. The molecule has 0 aromatic heterocycles. The van der Waals surface area contributed by atoms with E-state index in [4.69, 9.17) is 9.47 Å². The van der Waals surface area contributed by atoms with Gasteiger partial charge in [-0.2, -0.15) is 0 Å². The molecule has 0 aliphatic heterocycles. The highest BCUT2D eigenvalue weighted by molar-refractivity contribution is 9.10. The third kappa shape index (κ3) is 5.35. The Hall–Kier alpha value is -0.450. The van der Waals surface area contributed by atoms with Crippen molar-refractivity contribution in [1.29, 1.82) is 0 Å². The van der Waals surface area contributed by atoms with Crippen molar-refractivity contribution < 1.29 is 9.47 Å². The smallest absolute Gasteiger partial charge is 0.165 e. The fourth-order valence-corrected chi connectivity index (χ4v) is 3.26. The molecular formula is C16H25BrClNO2. The van der Waals surface area contributed by atoms with Crippen LogP contribution in [0.5, 0.6) is 11.5 Å². The van der Waals surface area contributed by atoms with Crippen LogP contribution in [0.3, 0.4) is 0 Å². The average molecular weight is 379 g/mol. The van der Waals surface area contributed by atoms with Crippen LogP contribution in [-0.4, -0.2) is 19.8 Å². The summed E-state index contributed by atoms with van der Waals surface area (Å²) in [6, 6.07) is 4.71. The molecule has 0 radical (unpaired) electrons. The number of halogens is 2. The molecule has 0 amide bonds. The second kappa shape index (κ2) is 9.54. The van der Waals surface area contributed by atoms with Crippen LogP contribution in [0.1, 0.15) is 44.6 Å². The first-order valence-electron chi connectivity index (χ1n) is 7.47. The number of hydrogen-bond acceptors (Lipinski definition) is 3. The Labute approximate surface area is 142 Å². The van der Waals surface area contributed by atoms with Gasteiger partial charge in [-0.1, -0.05) is 35.2 Å². The summed E-state index contributed by atoms with van der Waals surface area (Å²) in [4.78, 5) is 0. The summed E-state index contributed by atoms with van der Waals surface area (Å²) in [5.41, 5.74) is 1.16. The SMILES string of the molecule is CCOc1c(CNC2CCCCC2)cc(Br)cc1OC.Cl. The van der Waals surface area contributed by atoms with Crippen molar-refractivity contribution >= 4 is 28.3 Å². The number of benzene rings is 1. The lowest BCUT2D eigenvalue weighted by atomic mass is 9.95. The monoisotopic (exact) mass is 377 g/mol. The van der Waals surface area contributed by atoms with Crippen LogP contribution in [0, 0.1) is 0 Å². The summed E-state index contributed by atoms with van der Waals surface area (Å²) in [5, 5.41) is 3.66. The molecule has 120 valence electrons. The Morgan fingerprint density at radius 2 is 1.95 bits per heavy atom. The van der Waals surface area contributed by atoms with Gasteiger partial charge in [0.1, 0.15) is 0 Å². The zero-order valence-electron chi connectivity index (χ0n) is 12.8. The van der Waals surface area contributed by atoms with Gasteiger partial charge in [0.15, 0.2) is 11.5 Å². The van der Waals surface area contributed by atoms with E-state index in [9.17, 15) is 0 Å². The molecule has 0 saturated heterocycles. The van der Waals surface area contributed by atoms with Gasteiger partial charge in [-0.25, -0.2) is 0 Å². The minimum atomic E-state index is 0. The lowest BCUT2D eigenvalue weighted by Crippen LogP contribution is -2.30. The highest BCUT2D eigenvalue weighted by Gasteiger charge is 2.16.